The molecule has 1 aromatic carbocycles. The summed E-state index contributed by atoms with van der Waals surface area (Å²) in [7, 11) is 0. The Balaban J connectivity index is 2.08. The highest BCUT2D eigenvalue weighted by molar-refractivity contribution is 5.27. The molecule has 1 unspecified atom stereocenters. The fraction of sp³-hybridized carbons (Fsp3) is 0.571. The van der Waals surface area contributed by atoms with Gasteiger partial charge in [-0.25, -0.2) is 0 Å². The smallest absolute Gasteiger partial charge is 0.0266 e. The van der Waals surface area contributed by atoms with Crippen LogP contribution in [0.3, 0.4) is 0 Å². The normalized spacial score (nSPS) is 20.1. The van der Waals surface area contributed by atoms with E-state index in [9.17, 15) is 0 Å². The number of hydrogen-bond donors (Lipinski definition) is 1. The number of benzene rings is 1. The molecule has 0 bridgehead atoms. The molecule has 1 nitrogen and oxygen atoms in total. The van der Waals surface area contributed by atoms with Crippen LogP contribution in [0.1, 0.15) is 62.1 Å². The van der Waals surface area contributed by atoms with Crippen LogP contribution in [0.2, 0.25) is 0 Å². The second-order valence-electron chi connectivity index (χ2n) is 4.79. The van der Waals surface area contributed by atoms with Gasteiger partial charge in [-0.2, -0.15) is 0 Å². The van der Waals surface area contributed by atoms with Gasteiger partial charge in [-0.1, -0.05) is 43.5 Å². The van der Waals surface area contributed by atoms with Crippen LogP contribution in [0.5, 0.6) is 0 Å². The summed E-state index contributed by atoms with van der Waals surface area (Å²) in [5.74, 6) is 0.806. The van der Waals surface area contributed by atoms with Crippen molar-refractivity contribution in [3.05, 3.63) is 35.4 Å². The van der Waals surface area contributed by atoms with Gasteiger partial charge < -0.3 is 5.73 Å². The zero-order chi connectivity index (χ0) is 10.7. The van der Waals surface area contributed by atoms with Crippen molar-refractivity contribution in [2.24, 2.45) is 5.73 Å². The average Bonchev–Trinajstić information content (AvgIpc) is 2.30. The van der Waals surface area contributed by atoms with Gasteiger partial charge in [-0.15, -0.1) is 0 Å². The molecule has 0 spiro atoms. The van der Waals surface area contributed by atoms with E-state index in [0.29, 0.717) is 0 Å². The summed E-state index contributed by atoms with van der Waals surface area (Å²) < 4.78 is 0. The molecule has 1 aromatic rings. The van der Waals surface area contributed by atoms with Crippen LogP contribution in [0, 0.1) is 0 Å². The predicted molar refractivity (Wildman–Crippen MR) is 64.9 cm³/mol. The first-order valence-electron chi connectivity index (χ1n) is 6.13. The third-order valence-corrected chi connectivity index (χ3v) is 3.54. The monoisotopic (exact) mass is 203 g/mol. The topological polar surface area (TPSA) is 26.0 Å². The van der Waals surface area contributed by atoms with E-state index in [1.54, 1.807) is 0 Å². The SMILES string of the molecule is CC(N)c1ccc(C2CCCCC2)cc1. The Morgan fingerprint density at radius 3 is 2.20 bits per heavy atom. The van der Waals surface area contributed by atoms with Crippen LogP contribution in [0.15, 0.2) is 24.3 Å². The quantitative estimate of drug-likeness (QED) is 0.778. The summed E-state index contributed by atoms with van der Waals surface area (Å²) in [6, 6.07) is 9.08. The molecule has 0 radical (unpaired) electrons. The Bertz CT molecular complexity index is 294. The van der Waals surface area contributed by atoms with Gasteiger partial charge in [0.25, 0.3) is 0 Å². The minimum atomic E-state index is 0.158. The van der Waals surface area contributed by atoms with E-state index < -0.39 is 0 Å². The number of rotatable bonds is 2. The molecule has 2 rings (SSSR count). The molecule has 1 heteroatoms. The lowest BCUT2D eigenvalue weighted by molar-refractivity contribution is 0.443. The summed E-state index contributed by atoms with van der Waals surface area (Å²) in [6.45, 7) is 2.04. The van der Waals surface area contributed by atoms with Crippen molar-refractivity contribution in [3.8, 4) is 0 Å². The molecule has 1 aliphatic rings. The standard InChI is InChI=1S/C14H21N/c1-11(15)12-7-9-14(10-8-12)13-5-3-2-4-6-13/h7-11,13H,2-6,15H2,1H3. The lowest BCUT2D eigenvalue weighted by Crippen LogP contribution is -2.07. The van der Waals surface area contributed by atoms with Crippen molar-refractivity contribution in [2.45, 2.75) is 51.0 Å². The first-order chi connectivity index (χ1) is 7.27. The summed E-state index contributed by atoms with van der Waals surface area (Å²) in [4.78, 5) is 0. The summed E-state index contributed by atoms with van der Waals surface area (Å²) in [6.07, 6.45) is 6.98. The second kappa shape index (κ2) is 4.80. The third kappa shape index (κ3) is 2.60. The van der Waals surface area contributed by atoms with Crippen molar-refractivity contribution in [3.63, 3.8) is 0 Å². The van der Waals surface area contributed by atoms with Crippen molar-refractivity contribution >= 4 is 0 Å². The van der Waals surface area contributed by atoms with Gasteiger partial charge in [0.1, 0.15) is 0 Å². The molecule has 0 amide bonds. The molecular formula is C14H21N. The Kier molecular flexibility index (Phi) is 3.42. The first kappa shape index (κ1) is 10.7. The first-order valence-corrected chi connectivity index (χ1v) is 6.13. The third-order valence-electron chi connectivity index (χ3n) is 3.54. The van der Waals surface area contributed by atoms with Gasteiger partial charge >= 0.3 is 0 Å². The second-order valence-corrected chi connectivity index (χ2v) is 4.79. The Morgan fingerprint density at radius 1 is 1.07 bits per heavy atom. The fourth-order valence-corrected chi connectivity index (χ4v) is 2.51. The molecule has 1 fully saturated rings. The zero-order valence-electron chi connectivity index (χ0n) is 9.58. The lowest BCUT2D eigenvalue weighted by Gasteiger charge is -2.22. The van der Waals surface area contributed by atoms with E-state index in [0.717, 1.165) is 5.92 Å². The molecule has 0 saturated heterocycles. The van der Waals surface area contributed by atoms with Gasteiger partial charge in [-0.05, 0) is 36.8 Å². The van der Waals surface area contributed by atoms with Crippen molar-refractivity contribution in [1.29, 1.82) is 0 Å². The van der Waals surface area contributed by atoms with Gasteiger partial charge in [0.05, 0.1) is 0 Å². The van der Waals surface area contributed by atoms with Gasteiger partial charge in [-0.3, -0.25) is 0 Å². The molecule has 1 saturated carbocycles. The molecule has 82 valence electrons. The Hall–Kier alpha value is -0.820. The van der Waals surface area contributed by atoms with Crippen LogP contribution in [0.4, 0.5) is 0 Å². The number of nitrogens with two attached hydrogens (primary N) is 1. The van der Waals surface area contributed by atoms with Crippen LogP contribution >= 0.6 is 0 Å². The minimum absolute atomic E-state index is 0.158. The lowest BCUT2D eigenvalue weighted by atomic mass is 9.84. The van der Waals surface area contributed by atoms with Crippen LogP contribution in [-0.2, 0) is 0 Å². The van der Waals surface area contributed by atoms with Gasteiger partial charge in [0.2, 0.25) is 0 Å². The van der Waals surface area contributed by atoms with Crippen LogP contribution in [-0.4, -0.2) is 0 Å². The molecule has 1 aliphatic carbocycles. The molecule has 0 heterocycles. The fourth-order valence-electron chi connectivity index (χ4n) is 2.51. The summed E-state index contributed by atoms with van der Waals surface area (Å²) in [5, 5.41) is 0. The Morgan fingerprint density at radius 2 is 1.67 bits per heavy atom. The molecule has 15 heavy (non-hydrogen) atoms. The maximum absolute atomic E-state index is 5.84. The van der Waals surface area contributed by atoms with E-state index in [-0.39, 0.29) is 6.04 Å². The molecule has 2 N–H and O–H groups in total. The highest BCUT2D eigenvalue weighted by Crippen LogP contribution is 2.32. The van der Waals surface area contributed by atoms with Crippen LogP contribution in [0.25, 0.3) is 0 Å². The van der Waals surface area contributed by atoms with E-state index >= 15 is 0 Å². The van der Waals surface area contributed by atoms with Gasteiger partial charge in [0, 0.05) is 6.04 Å². The minimum Gasteiger partial charge on any atom is -0.324 e. The molecule has 0 aliphatic heterocycles. The van der Waals surface area contributed by atoms with Crippen molar-refractivity contribution in [1.82, 2.24) is 0 Å². The molecule has 1 atom stereocenters. The van der Waals surface area contributed by atoms with Gasteiger partial charge in [0.15, 0.2) is 0 Å². The zero-order valence-corrected chi connectivity index (χ0v) is 9.58. The maximum atomic E-state index is 5.84. The van der Waals surface area contributed by atoms with Crippen molar-refractivity contribution < 1.29 is 0 Å². The van der Waals surface area contributed by atoms with E-state index in [1.165, 1.54) is 43.2 Å². The molecule has 0 aromatic heterocycles. The average molecular weight is 203 g/mol. The van der Waals surface area contributed by atoms with E-state index in [2.05, 4.69) is 24.3 Å². The van der Waals surface area contributed by atoms with Crippen LogP contribution < -0.4 is 5.73 Å². The summed E-state index contributed by atoms with van der Waals surface area (Å²) >= 11 is 0. The van der Waals surface area contributed by atoms with Crippen molar-refractivity contribution in [2.75, 3.05) is 0 Å². The maximum Gasteiger partial charge on any atom is 0.0266 e. The highest BCUT2D eigenvalue weighted by atomic mass is 14.6. The molecular weight excluding hydrogens is 182 g/mol. The Labute approximate surface area is 92.7 Å². The van der Waals surface area contributed by atoms with E-state index in [4.69, 9.17) is 5.73 Å². The highest BCUT2D eigenvalue weighted by Gasteiger charge is 2.15. The largest absolute Gasteiger partial charge is 0.324 e. The van der Waals surface area contributed by atoms with E-state index in [1.807, 2.05) is 6.92 Å². The summed E-state index contributed by atoms with van der Waals surface area (Å²) in [5.41, 5.74) is 8.60. The number of hydrogen-bond acceptors (Lipinski definition) is 1. The predicted octanol–water partition coefficient (Wildman–Crippen LogP) is 3.75.